The zero-order valence-corrected chi connectivity index (χ0v) is 15.7. The molecule has 0 aliphatic carbocycles. The summed E-state index contributed by atoms with van der Waals surface area (Å²) < 4.78 is 33.4. The summed E-state index contributed by atoms with van der Waals surface area (Å²) in [5.74, 6) is 0.0284. The third-order valence-corrected chi connectivity index (χ3v) is 6.32. The van der Waals surface area contributed by atoms with Crippen molar-refractivity contribution in [3.63, 3.8) is 0 Å². The molecule has 2 aliphatic rings. The second kappa shape index (κ2) is 7.32. The van der Waals surface area contributed by atoms with Gasteiger partial charge in [-0.3, -0.25) is 9.59 Å². The van der Waals surface area contributed by atoms with Gasteiger partial charge in [0.1, 0.15) is 0 Å². The molecule has 0 bridgehead atoms. The topological polar surface area (TPSA) is 102 Å². The number of fused-ring (bicyclic) bond motifs is 1. The Balaban J connectivity index is 1.66. The minimum Gasteiger partial charge on any atom is -0.454 e. The molecule has 8 nitrogen and oxygen atoms in total. The van der Waals surface area contributed by atoms with Crippen LogP contribution in [0.5, 0.6) is 11.5 Å². The Kier molecular flexibility index (Phi) is 5.29. The number of carbonyl (C=O) groups is 2. The molecule has 0 spiro atoms. The number of likely N-dealkylation sites (N-methyl/N-ethyl adjacent to an activating group) is 1. The lowest BCUT2D eigenvalue weighted by molar-refractivity contribution is -0.122. The van der Waals surface area contributed by atoms with Crippen molar-refractivity contribution >= 4 is 33.3 Å². The van der Waals surface area contributed by atoms with E-state index in [2.05, 4.69) is 5.32 Å². The van der Waals surface area contributed by atoms with Crippen LogP contribution in [-0.2, 0) is 14.6 Å². The van der Waals surface area contributed by atoms with Crippen LogP contribution in [0.15, 0.2) is 12.1 Å². The highest BCUT2D eigenvalue weighted by Gasteiger charge is 2.30. The minimum absolute atomic E-state index is 0.0386. The molecule has 142 valence electrons. The number of hydrogen-bond donors (Lipinski definition) is 1. The summed E-state index contributed by atoms with van der Waals surface area (Å²) in [6.07, 6.45) is 0.395. The molecule has 1 aromatic rings. The number of benzene rings is 1. The van der Waals surface area contributed by atoms with E-state index in [4.69, 9.17) is 21.1 Å². The molecule has 1 N–H and O–H groups in total. The van der Waals surface area contributed by atoms with Crippen LogP contribution in [0.2, 0.25) is 5.02 Å². The Morgan fingerprint density at radius 1 is 1.35 bits per heavy atom. The highest BCUT2D eigenvalue weighted by molar-refractivity contribution is 7.91. The van der Waals surface area contributed by atoms with Crippen LogP contribution in [0.4, 0.5) is 0 Å². The number of halogens is 1. The smallest absolute Gasteiger partial charge is 0.254 e. The summed E-state index contributed by atoms with van der Waals surface area (Å²) in [6.45, 7) is 1.93. The first kappa shape index (κ1) is 18.8. The van der Waals surface area contributed by atoms with E-state index >= 15 is 0 Å². The largest absolute Gasteiger partial charge is 0.454 e. The quantitative estimate of drug-likeness (QED) is 0.782. The summed E-state index contributed by atoms with van der Waals surface area (Å²) >= 11 is 6.10. The lowest BCUT2D eigenvalue weighted by atomic mass is 10.1. The molecule has 0 unspecified atom stereocenters. The molecule has 26 heavy (non-hydrogen) atoms. The first-order valence-electron chi connectivity index (χ1n) is 8.17. The molecule has 1 aromatic carbocycles. The summed E-state index contributed by atoms with van der Waals surface area (Å²) in [7, 11) is -3.08. The van der Waals surface area contributed by atoms with Crippen molar-refractivity contribution in [1.82, 2.24) is 10.2 Å². The van der Waals surface area contributed by atoms with Crippen molar-refractivity contribution < 1.29 is 27.5 Å². The monoisotopic (exact) mass is 402 g/mol. The highest BCUT2D eigenvalue weighted by Crippen LogP contribution is 2.40. The van der Waals surface area contributed by atoms with E-state index in [1.165, 1.54) is 17.0 Å². The van der Waals surface area contributed by atoms with Crippen molar-refractivity contribution in [2.75, 3.05) is 31.4 Å². The number of sulfone groups is 1. The maximum atomic E-state index is 12.7. The third-order valence-electron chi connectivity index (χ3n) is 4.28. The van der Waals surface area contributed by atoms with E-state index < -0.39 is 21.8 Å². The standard InChI is InChI=1S/C16H19ClN2O6S/c1-2-19(7-14(20)18-11-3-4-26(22,23)8-11)16(21)10-5-12(17)15-13(6-10)24-9-25-15/h5-6,11H,2-4,7-9H2,1H3,(H,18,20)/t11-/m1/s1. The van der Waals surface area contributed by atoms with E-state index in [-0.39, 0.29) is 41.3 Å². The van der Waals surface area contributed by atoms with E-state index in [1.54, 1.807) is 6.92 Å². The molecular formula is C16H19ClN2O6S. The Morgan fingerprint density at radius 3 is 2.77 bits per heavy atom. The molecule has 2 amide bonds. The minimum atomic E-state index is -3.08. The highest BCUT2D eigenvalue weighted by atomic mass is 35.5. The maximum Gasteiger partial charge on any atom is 0.254 e. The predicted octanol–water partition coefficient (Wildman–Crippen LogP) is 0.834. The Morgan fingerprint density at radius 2 is 2.12 bits per heavy atom. The molecule has 10 heteroatoms. The number of nitrogens with zero attached hydrogens (tertiary/aromatic N) is 1. The van der Waals surface area contributed by atoms with Gasteiger partial charge < -0.3 is 19.7 Å². The molecule has 3 rings (SSSR count). The summed E-state index contributed by atoms with van der Waals surface area (Å²) in [6, 6.07) is 2.60. The fourth-order valence-corrected chi connectivity index (χ4v) is 4.89. The van der Waals surface area contributed by atoms with Gasteiger partial charge in [-0.1, -0.05) is 11.6 Å². The number of amides is 2. The molecule has 0 radical (unpaired) electrons. The number of ether oxygens (including phenoxy) is 2. The summed E-state index contributed by atoms with van der Waals surface area (Å²) in [5.41, 5.74) is 0.289. The van der Waals surface area contributed by atoms with E-state index in [0.29, 0.717) is 24.5 Å². The fourth-order valence-electron chi connectivity index (χ4n) is 2.96. The molecule has 0 saturated carbocycles. The molecular weight excluding hydrogens is 384 g/mol. The van der Waals surface area contributed by atoms with Crippen molar-refractivity contribution in [3.05, 3.63) is 22.7 Å². The molecule has 2 aliphatic heterocycles. The van der Waals surface area contributed by atoms with Crippen LogP contribution in [0.25, 0.3) is 0 Å². The van der Waals surface area contributed by atoms with Crippen molar-refractivity contribution in [2.24, 2.45) is 0 Å². The van der Waals surface area contributed by atoms with Crippen LogP contribution in [0, 0.1) is 0 Å². The van der Waals surface area contributed by atoms with Gasteiger partial charge in [0.25, 0.3) is 5.91 Å². The number of rotatable bonds is 5. The van der Waals surface area contributed by atoms with Crippen LogP contribution in [0.1, 0.15) is 23.7 Å². The third kappa shape index (κ3) is 4.04. The predicted molar refractivity (Wildman–Crippen MR) is 94.4 cm³/mol. The SMILES string of the molecule is CCN(CC(=O)N[C@@H]1CCS(=O)(=O)C1)C(=O)c1cc(Cl)c2c(c1)OCO2. The van der Waals surface area contributed by atoms with Crippen LogP contribution in [0.3, 0.4) is 0 Å². The average molecular weight is 403 g/mol. The van der Waals surface area contributed by atoms with Crippen LogP contribution >= 0.6 is 11.6 Å². The molecule has 1 saturated heterocycles. The molecule has 1 fully saturated rings. The molecule has 1 atom stereocenters. The van der Waals surface area contributed by atoms with Gasteiger partial charge in [0, 0.05) is 18.2 Å². The number of carbonyl (C=O) groups excluding carboxylic acids is 2. The van der Waals surface area contributed by atoms with E-state index in [9.17, 15) is 18.0 Å². The van der Waals surface area contributed by atoms with Gasteiger partial charge in [-0.25, -0.2) is 8.42 Å². The second-order valence-electron chi connectivity index (χ2n) is 6.18. The van der Waals surface area contributed by atoms with Crippen molar-refractivity contribution in [1.29, 1.82) is 0 Å². The number of hydrogen-bond acceptors (Lipinski definition) is 6. The Hall–Kier alpha value is -2.00. The Bertz CT molecular complexity index is 841. The molecule has 0 aromatic heterocycles. The normalized spacial score (nSPS) is 20.0. The van der Waals surface area contributed by atoms with Gasteiger partial charge in [0.2, 0.25) is 12.7 Å². The lowest BCUT2D eigenvalue weighted by Crippen LogP contribution is -2.44. The number of nitrogens with one attached hydrogen (secondary N) is 1. The Labute approximate surface area is 156 Å². The van der Waals surface area contributed by atoms with Crippen LogP contribution < -0.4 is 14.8 Å². The van der Waals surface area contributed by atoms with Gasteiger partial charge in [-0.05, 0) is 25.5 Å². The fraction of sp³-hybridized carbons (Fsp3) is 0.500. The first-order chi connectivity index (χ1) is 12.3. The summed E-state index contributed by atoms with van der Waals surface area (Å²) in [4.78, 5) is 26.3. The first-order valence-corrected chi connectivity index (χ1v) is 10.4. The van der Waals surface area contributed by atoms with Gasteiger partial charge in [0.15, 0.2) is 21.3 Å². The van der Waals surface area contributed by atoms with E-state index in [0.717, 1.165) is 0 Å². The average Bonchev–Trinajstić information content (AvgIpc) is 3.18. The van der Waals surface area contributed by atoms with Crippen LogP contribution in [-0.4, -0.2) is 62.6 Å². The summed E-state index contributed by atoms with van der Waals surface area (Å²) in [5, 5.41) is 2.94. The van der Waals surface area contributed by atoms with Gasteiger partial charge in [-0.15, -0.1) is 0 Å². The van der Waals surface area contributed by atoms with Gasteiger partial charge in [0.05, 0.1) is 23.1 Å². The van der Waals surface area contributed by atoms with Gasteiger partial charge >= 0.3 is 0 Å². The van der Waals surface area contributed by atoms with Gasteiger partial charge in [-0.2, -0.15) is 0 Å². The second-order valence-corrected chi connectivity index (χ2v) is 8.81. The van der Waals surface area contributed by atoms with Crippen molar-refractivity contribution in [3.8, 4) is 11.5 Å². The lowest BCUT2D eigenvalue weighted by Gasteiger charge is -2.22. The zero-order chi connectivity index (χ0) is 18.9. The van der Waals surface area contributed by atoms with E-state index in [1.807, 2.05) is 0 Å². The molecule has 2 heterocycles. The maximum absolute atomic E-state index is 12.7. The zero-order valence-electron chi connectivity index (χ0n) is 14.2. The van der Waals surface area contributed by atoms with Crippen molar-refractivity contribution in [2.45, 2.75) is 19.4 Å².